The highest BCUT2D eigenvalue weighted by Gasteiger charge is 2.14. The van der Waals surface area contributed by atoms with Crippen molar-refractivity contribution in [2.45, 2.75) is 17.1 Å². The van der Waals surface area contributed by atoms with E-state index in [1.165, 1.54) is 23.9 Å². The van der Waals surface area contributed by atoms with Gasteiger partial charge in [0.1, 0.15) is 5.82 Å². The predicted molar refractivity (Wildman–Crippen MR) is 76.8 cm³/mol. The third kappa shape index (κ3) is 4.10. The van der Waals surface area contributed by atoms with Crippen LogP contribution in [-0.4, -0.2) is 11.2 Å². The third-order valence-electron chi connectivity index (χ3n) is 2.54. The number of rotatable bonds is 4. The summed E-state index contributed by atoms with van der Waals surface area (Å²) in [6, 6.07) is 15.4. The maximum absolute atomic E-state index is 12.8. The number of anilines is 1. The Labute approximate surface area is 116 Å². The van der Waals surface area contributed by atoms with E-state index in [0.29, 0.717) is 0 Å². The molecule has 0 unspecified atom stereocenters. The molecule has 0 saturated heterocycles. The second-order valence-corrected chi connectivity index (χ2v) is 5.48. The van der Waals surface area contributed by atoms with Gasteiger partial charge in [-0.3, -0.25) is 4.79 Å². The van der Waals surface area contributed by atoms with Crippen molar-refractivity contribution in [3.63, 3.8) is 0 Å². The molecule has 0 aliphatic carbocycles. The monoisotopic (exact) mass is 275 g/mol. The molecule has 0 spiro atoms. The molecule has 0 heterocycles. The van der Waals surface area contributed by atoms with Crippen LogP contribution < -0.4 is 5.32 Å². The topological polar surface area (TPSA) is 29.1 Å². The fourth-order valence-electron chi connectivity index (χ4n) is 1.54. The van der Waals surface area contributed by atoms with Gasteiger partial charge in [-0.05, 0) is 43.3 Å². The number of hydrogen-bond donors (Lipinski definition) is 1. The molecule has 0 bridgehead atoms. The molecule has 98 valence electrons. The Morgan fingerprint density at radius 1 is 1.11 bits per heavy atom. The van der Waals surface area contributed by atoms with Crippen molar-refractivity contribution in [1.82, 2.24) is 0 Å². The summed E-state index contributed by atoms with van der Waals surface area (Å²) < 4.78 is 12.8. The standard InChI is InChI=1S/C15H14FNOS/c1-11(19-14-9-7-12(16)8-10-14)15(18)17-13-5-3-2-4-6-13/h2-11H,1H3,(H,17,18)/t11-/m1/s1. The number of hydrogen-bond acceptors (Lipinski definition) is 2. The first-order chi connectivity index (χ1) is 9.15. The molecule has 1 atom stereocenters. The number of carbonyl (C=O) groups excluding carboxylic acids is 1. The molecule has 0 saturated carbocycles. The molecule has 2 aromatic rings. The smallest absolute Gasteiger partial charge is 0.237 e. The summed E-state index contributed by atoms with van der Waals surface area (Å²) in [5, 5.41) is 2.59. The molecule has 2 nitrogen and oxygen atoms in total. The Kier molecular flexibility index (Phi) is 4.58. The number of carbonyl (C=O) groups is 1. The third-order valence-corrected chi connectivity index (χ3v) is 3.65. The molecule has 0 radical (unpaired) electrons. The molecule has 2 aromatic carbocycles. The van der Waals surface area contributed by atoms with Gasteiger partial charge in [0.25, 0.3) is 0 Å². The first kappa shape index (κ1) is 13.6. The van der Waals surface area contributed by atoms with Crippen molar-refractivity contribution in [1.29, 1.82) is 0 Å². The molecule has 0 aliphatic heterocycles. The van der Waals surface area contributed by atoms with Crippen molar-refractivity contribution < 1.29 is 9.18 Å². The van der Waals surface area contributed by atoms with Gasteiger partial charge in [-0.1, -0.05) is 18.2 Å². The Hall–Kier alpha value is -1.81. The minimum absolute atomic E-state index is 0.0690. The van der Waals surface area contributed by atoms with E-state index in [2.05, 4.69) is 5.32 Å². The van der Waals surface area contributed by atoms with Gasteiger partial charge in [0, 0.05) is 10.6 Å². The second-order valence-electron chi connectivity index (χ2n) is 4.07. The quantitative estimate of drug-likeness (QED) is 0.856. The van der Waals surface area contributed by atoms with Crippen LogP contribution in [0.4, 0.5) is 10.1 Å². The van der Waals surface area contributed by atoms with Crippen LogP contribution >= 0.6 is 11.8 Å². The molecule has 1 N–H and O–H groups in total. The summed E-state index contributed by atoms with van der Waals surface area (Å²) in [6.45, 7) is 1.83. The van der Waals surface area contributed by atoms with Crippen LogP contribution in [0, 0.1) is 5.82 Å². The molecular weight excluding hydrogens is 261 g/mol. The SMILES string of the molecule is C[C@@H](Sc1ccc(F)cc1)C(=O)Nc1ccccc1. The van der Waals surface area contributed by atoms with E-state index in [1.54, 1.807) is 12.1 Å². The average molecular weight is 275 g/mol. The lowest BCUT2D eigenvalue weighted by atomic mass is 10.3. The average Bonchev–Trinajstić information content (AvgIpc) is 2.42. The van der Waals surface area contributed by atoms with Crippen molar-refractivity contribution in [3.05, 3.63) is 60.4 Å². The predicted octanol–water partition coefficient (Wildman–Crippen LogP) is 3.95. The number of thioether (sulfide) groups is 1. The van der Waals surface area contributed by atoms with Gasteiger partial charge in [-0.2, -0.15) is 0 Å². The first-order valence-corrected chi connectivity index (χ1v) is 6.81. The zero-order valence-corrected chi connectivity index (χ0v) is 11.3. The number of nitrogens with one attached hydrogen (secondary N) is 1. The minimum atomic E-state index is -0.272. The summed E-state index contributed by atoms with van der Waals surface area (Å²) >= 11 is 1.40. The normalized spacial score (nSPS) is 11.9. The van der Waals surface area contributed by atoms with E-state index in [-0.39, 0.29) is 17.0 Å². The second kappa shape index (κ2) is 6.38. The molecule has 0 aromatic heterocycles. The van der Waals surface area contributed by atoms with Gasteiger partial charge in [-0.15, -0.1) is 11.8 Å². The lowest BCUT2D eigenvalue weighted by Crippen LogP contribution is -2.22. The first-order valence-electron chi connectivity index (χ1n) is 5.93. The van der Waals surface area contributed by atoms with Crippen LogP contribution in [0.5, 0.6) is 0 Å². The highest BCUT2D eigenvalue weighted by Crippen LogP contribution is 2.24. The van der Waals surface area contributed by atoms with Crippen molar-refractivity contribution in [2.24, 2.45) is 0 Å². The summed E-state index contributed by atoms with van der Waals surface area (Å²) in [6.07, 6.45) is 0. The van der Waals surface area contributed by atoms with Crippen LogP contribution in [0.15, 0.2) is 59.5 Å². The molecule has 19 heavy (non-hydrogen) atoms. The number of halogens is 1. The van der Waals surface area contributed by atoms with E-state index < -0.39 is 0 Å². The van der Waals surface area contributed by atoms with E-state index in [0.717, 1.165) is 10.6 Å². The van der Waals surface area contributed by atoms with E-state index in [4.69, 9.17) is 0 Å². The summed E-state index contributed by atoms with van der Waals surface area (Å²) in [5.41, 5.74) is 0.777. The van der Waals surface area contributed by atoms with Crippen molar-refractivity contribution >= 4 is 23.4 Å². The van der Waals surface area contributed by atoms with Crippen LogP contribution in [0.25, 0.3) is 0 Å². The molecule has 0 aliphatic rings. The van der Waals surface area contributed by atoms with Crippen molar-refractivity contribution in [2.75, 3.05) is 5.32 Å². The van der Waals surface area contributed by atoms with E-state index >= 15 is 0 Å². The number of para-hydroxylation sites is 1. The fourth-order valence-corrected chi connectivity index (χ4v) is 2.40. The highest BCUT2D eigenvalue weighted by molar-refractivity contribution is 8.00. The summed E-state index contributed by atoms with van der Waals surface area (Å²) in [5.74, 6) is -0.341. The van der Waals surface area contributed by atoms with Gasteiger partial charge < -0.3 is 5.32 Å². The maximum atomic E-state index is 12.8. The van der Waals surface area contributed by atoms with E-state index in [9.17, 15) is 9.18 Å². The molecule has 1 amide bonds. The number of amides is 1. The minimum Gasteiger partial charge on any atom is -0.325 e. The zero-order chi connectivity index (χ0) is 13.7. The van der Waals surface area contributed by atoms with Gasteiger partial charge >= 0.3 is 0 Å². The van der Waals surface area contributed by atoms with Crippen LogP contribution in [0.1, 0.15) is 6.92 Å². The molecule has 4 heteroatoms. The Morgan fingerprint density at radius 2 is 1.74 bits per heavy atom. The number of benzene rings is 2. The van der Waals surface area contributed by atoms with Gasteiger partial charge in [-0.25, -0.2) is 4.39 Å². The van der Waals surface area contributed by atoms with Crippen LogP contribution in [0.3, 0.4) is 0 Å². The van der Waals surface area contributed by atoms with Crippen LogP contribution in [-0.2, 0) is 4.79 Å². The largest absolute Gasteiger partial charge is 0.325 e. The zero-order valence-electron chi connectivity index (χ0n) is 10.5. The maximum Gasteiger partial charge on any atom is 0.237 e. The van der Waals surface area contributed by atoms with Gasteiger partial charge in [0.15, 0.2) is 0 Å². The molecular formula is C15H14FNOS. The van der Waals surface area contributed by atoms with Crippen molar-refractivity contribution in [3.8, 4) is 0 Å². The fraction of sp³-hybridized carbons (Fsp3) is 0.133. The Balaban J connectivity index is 1.94. The highest BCUT2D eigenvalue weighted by atomic mass is 32.2. The van der Waals surface area contributed by atoms with Gasteiger partial charge in [0.2, 0.25) is 5.91 Å². The van der Waals surface area contributed by atoms with Crippen LogP contribution in [0.2, 0.25) is 0 Å². The summed E-state index contributed by atoms with van der Waals surface area (Å²) in [4.78, 5) is 12.9. The van der Waals surface area contributed by atoms with E-state index in [1.807, 2.05) is 37.3 Å². The van der Waals surface area contributed by atoms with Gasteiger partial charge in [0.05, 0.1) is 5.25 Å². The Morgan fingerprint density at radius 3 is 2.37 bits per heavy atom. The molecule has 2 rings (SSSR count). The molecule has 0 fully saturated rings. The summed E-state index contributed by atoms with van der Waals surface area (Å²) in [7, 11) is 0. The lowest BCUT2D eigenvalue weighted by Gasteiger charge is -2.11. The Bertz CT molecular complexity index is 542. The lowest BCUT2D eigenvalue weighted by molar-refractivity contribution is -0.115.